The van der Waals surface area contributed by atoms with Crippen LogP contribution in [0.15, 0.2) is 41.3 Å². The van der Waals surface area contributed by atoms with E-state index in [4.69, 9.17) is 9.35 Å². The molecule has 0 aromatic heterocycles. The Balaban J connectivity index is 0.000000686. The van der Waals surface area contributed by atoms with Crippen LogP contribution >= 0.6 is 0 Å². The van der Waals surface area contributed by atoms with Gasteiger partial charge in [0.15, 0.2) is 0 Å². The van der Waals surface area contributed by atoms with E-state index in [0.717, 1.165) is 0 Å². The van der Waals surface area contributed by atoms with Crippen molar-refractivity contribution in [1.82, 2.24) is 0 Å². The monoisotopic (exact) mass is 254 g/mol. The fourth-order valence-corrected chi connectivity index (χ4v) is 2.30. The summed E-state index contributed by atoms with van der Waals surface area (Å²) >= 11 is 0. The molecule has 0 radical (unpaired) electrons. The molecule has 0 fully saturated rings. The summed E-state index contributed by atoms with van der Waals surface area (Å²) in [5.74, 6) is -0.448. The number of rotatable bonds is 1. The molecular formula is C11H10O5S. The van der Waals surface area contributed by atoms with Crippen molar-refractivity contribution in [3.63, 3.8) is 0 Å². The van der Waals surface area contributed by atoms with Gasteiger partial charge in [-0.2, -0.15) is 8.42 Å². The first kappa shape index (κ1) is 13.1. The summed E-state index contributed by atoms with van der Waals surface area (Å²) in [7, 11) is -4.41. The quantitative estimate of drug-likeness (QED) is 0.754. The Morgan fingerprint density at radius 1 is 1.00 bits per heavy atom. The average Bonchev–Trinajstić information content (AvgIpc) is 2.29. The predicted molar refractivity (Wildman–Crippen MR) is 62.5 cm³/mol. The molecule has 2 rings (SSSR count). The molecule has 0 aliphatic carbocycles. The van der Waals surface area contributed by atoms with Gasteiger partial charge in [0.25, 0.3) is 10.1 Å². The van der Waals surface area contributed by atoms with Crippen LogP contribution in [-0.2, 0) is 14.9 Å². The zero-order valence-corrected chi connectivity index (χ0v) is 9.52. The second-order valence-electron chi connectivity index (χ2n) is 3.11. The summed E-state index contributed by atoms with van der Waals surface area (Å²) < 4.78 is 31.1. The van der Waals surface area contributed by atoms with E-state index in [-0.39, 0.29) is 0 Å². The number of phenolic OH excluding ortho intramolecular Hbond substituents is 1. The lowest BCUT2D eigenvalue weighted by molar-refractivity contribution is -0.0979. The molecule has 0 aliphatic rings. The Hall–Kier alpha value is -1.92. The van der Waals surface area contributed by atoms with Gasteiger partial charge in [0.2, 0.25) is 0 Å². The van der Waals surface area contributed by atoms with E-state index in [2.05, 4.69) is 0 Å². The van der Waals surface area contributed by atoms with Gasteiger partial charge in [-0.1, -0.05) is 30.3 Å². The summed E-state index contributed by atoms with van der Waals surface area (Å²) in [4.78, 5) is 7.56. The third kappa shape index (κ3) is 2.61. The number of carbonyl (C=O) groups excluding carboxylic acids is 1. The SMILES string of the molecule is C=O.O=S(=O)(O)c1c(O)ccc2ccccc12. The van der Waals surface area contributed by atoms with Crippen molar-refractivity contribution in [2.45, 2.75) is 4.90 Å². The molecular weight excluding hydrogens is 244 g/mol. The number of fused-ring (bicyclic) bond motifs is 1. The largest absolute Gasteiger partial charge is 0.506 e. The second-order valence-corrected chi connectivity index (χ2v) is 4.47. The van der Waals surface area contributed by atoms with Crippen molar-refractivity contribution in [3.8, 4) is 5.75 Å². The number of hydrogen-bond donors (Lipinski definition) is 2. The highest BCUT2D eigenvalue weighted by Gasteiger charge is 2.18. The number of benzene rings is 2. The highest BCUT2D eigenvalue weighted by atomic mass is 32.2. The van der Waals surface area contributed by atoms with E-state index < -0.39 is 20.8 Å². The van der Waals surface area contributed by atoms with E-state index in [1.54, 1.807) is 24.3 Å². The first-order chi connectivity index (χ1) is 8.00. The molecule has 0 amide bonds. The lowest BCUT2D eigenvalue weighted by Crippen LogP contribution is -1.99. The standard InChI is InChI=1S/C10H8O4S.CH2O/c11-9-6-5-7-3-1-2-4-8(7)10(9)15(12,13)14;1-2/h1-6,11H,(H,12,13,14);1H2. The predicted octanol–water partition coefficient (Wildman–Crippen LogP) is 1.61. The molecule has 17 heavy (non-hydrogen) atoms. The molecule has 0 bridgehead atoms. The maximum atomic E-state index is 11.1. The molecule has 0 heterocycles. The molecule has 5 nitrogen and oxygen atoms in total. The normalized spacial score (nSPS) is 10.6. The zero-order valence-electron chi connectivity index (χ0n) is 8.70. The first-order valence-electron chi connectivity index (χ1n) is 4.47. The van der Waals surface area contributed by atoms with Gasteiger partial charge < -0.3 is 9.90 Å². The van der Waals surface area contributed by atoms with Crippen molar-refractivity contribution < 1.29 is 22.9 Å². The number of carbonyl (C=O) groups is 1. The third-order valence-corrected chi connectivity index (χ3v) is 3.06. The minimum Gasteiger partial charge on any atom is -0.506 e. The first-order valence-corrected chi connectivity index (χ1v) is 5.91. The molecule has 0 aliphatic heterocycles. The average molecular weight is 254 g/mol. The second kappa shape index (κ2) is 4.94. The van der Waals surface area contributed by atoms with Gasteiger partial charge >= 0.3 is 0 Å². The van der Waals surface area contributed by atoms with Crippen LogP contribution in [-0.4, -0.2) is 24.9 Å². The summed E-state index contributed by atoms with van der Waals surface area (Å²) in [6.45, 7) is 2.00. The number of aromatic hydroxyl groups is 1. The third-order valence-electron chi connectivity index (χ3n) is 2.12. The molecule has 0 unspecified atom stereocenters. The van der Waals surface area contributed by atoms with Crippen LogP contribution in [0.1, 0.15) is 0 Å². The summed E-state index contributed by atoms with van der Waals surface area (Å²) in [5, 5.41) is 10.4. The Kier molecular flexibility index (Phi) is 3.82. The van der Waals surface area contributed by atoms with Crippen molar-refractivity contribution in [2.75, 3.05) is 0 Å². The van der Waals surface area contributed by atoms with Gasteiger partial charge in [-0.05, 0) is 11.5 Å². The van der Waals surface area contributed by atoms with E-state index >= 15 is 0 Å². The summed E-state index contributed by atoms with van der Waals surface area (Å²) in [6.07, 6.45) is 0. The highest BCUT2D eigenvalue weighted by molar-refractivity contribution is 7.86. The molecule has 0 spiro atoms. The molecule has 0 saturated carbocycles. The van der Waals surface area contributed by atoms with Crippen LogP contribution in [0.4, 0.5) is 0 Å². The van der Waals surface area contributed by atoms with Gasteiger partial charge in [-0.15, -0.1) is 0 Å². The number of phenols is 1. The van der Waals surface area contributed by atoms with Crippen molar-refractivity contribution >= 4 is 27.7 Å². The van der Waals surface area contributed by atoms with Crippen molar-refractivity contribution in [1.29, 1.82) is 0 Å². The van der Waals surface area contributed by atoms with Gasteiger partial charge in [0, 0.05) is 5.39 Å². The Morgan fingerprint density at radius 3 is 2.18 bits per heavy atom. The van der Waals surface area contributed by atoms with Crippen LogP contribution in [0.2, 0.25) is 0 Å². The van der Waals surface area contributed by atoms with Gasteiger partial charge in [0.05, 0.1) is 0 Å². The smallest absolute Gasteiger partial charge is 0.298 e. The summed E-state index contributed by atoms with van der Waals surface area (Å²) in [5.41, 5.74) is 0. The Labute approximate surface area is 98.1 Å². The van der Waals surface area contributed by atoms with E-state index in [1.165, 1.54) is 12.1 Å². The molecule has 0 saturated heterocycles. The van der Waals surface area contributed by atoms with Crippen LogP contribution < -0.4 is 0 Å². The van der Waals surface area contributed by atoms with Gasteiger partial charge in [-0.3, -0.25) is 4.55 Å². The van der Waals surface area contributed by atoms with E-state index in [1.807, 2.05) is 6.79 Å². The molecule has 2 N–H and O–H groups in total. The fraction of sp³-hybridized carbons (Fsp3) is 0. The van der Waals surface area contributed by atoms with Crippen LogP contribution in [0.3, 0.4) is 0 Å². The van der Waals surface area contributed by atoms with Gasteiger partial charge in [-0.25, -0.2) is 0 Å². The molecule has 0 atom stereocenters. The van der Waals surface area contributed by atoms with Crippen LogP contribution in [0, 0.1) is 0 Å². The summed E-state index contributed by atoms with van der Waals surface area (Å²) in [6, 6.07) is 9.43. The van der Waals surface area contributed by atoms with Crippen molar-refractivity contribution in [2.24, 2.45) is 0 Å². The van der Waals surface area contributed by atoms with Gasteiger partial charge in [0.1, 0.15) is 17.4 Å². The Bertz CT molecular complexity index is 633. The molecule has 2 aromatic carbocycles. The minimum atomic E-state index is -4.41. The maximum Gasteiger partial charge on any atom is 0.298 e. The lowest BCUT2D eigenvalue weighted by atomic mass is 10.1. The van der Waals surface area contributed by atoms with E-state index in [9.17, 15) is 13.5 Å². The molecule has 2 aromatic rings. The van der Waals surface area contributed by atoms with Crippen LogP contribution in [0.25, 0.3) is 10.8 Å². The number of hydrogen-bond acceptors (Lipinski definition) is 4. The van der Waals surface area contributed by atoms with E-state index in [0.29, 0.717) is 10.8 Å². The Morgan fingerprint density at radius 2 is 1.59 bits per heavy atom. The topological polar surface area (TPSA) is 91.7 Å². The van der Waals surface area contributed by atoms with Crippen molar-refractivity contribution in [3.05, 3.63) is 36.4 Å². The lowest BCUT2D eigenvalue weighted by Gasteiger charge is -2.05. The fourth-order valence-electron chi connectivity index (χ4n) is 1.50. The molecule has 90 valence electrons. The van der Waals surface area contributed by atoms with Crippen LogP contribution in [0.5, 0.6) is 5.75 Å². The highest BCUT2D eigenvalue weighted by Crippen LogP contribution is 2.30. The maximum absolute atomic E-state index is 11.1. The molecule has 6 heteroatoms. The zero-order chi connectivity index (χ0) is 13.1. The minimum absolute atomic E-state index is 0.306.